The molecule has 21 heavy (non-hydrogen) atoms. The van der Waals surface area contributed by atoms with Crippen LogP contribution in [0.3, 0.4) is 0 Å². The molecule has 2 aromatic carbocycles. The van der Waals surface area contributed by atoms with Crippen molar-refractivity contribution in [2.75, 3.05) is 0 Å². The van der Waals surface area contributed by atoms with Crippen molar-refractivity contribution >= 4 is 17.4 Å². The van der Waals surface area contributed by atoms with E-state index >= 15 is 0 Å². The van der Waals surface area contributed by atoms with E-state index in [0.717, 1.165) is 11.1 Å². The van der Waals surface area contributed by atoms with Gasteiger partial charge in [-0.1, -0.05) is 59.7 Å². The monoisotopic (exact) mass is 325 g/mol. The number of hydrogen-bond acceptors (Lipinski definition) is 2. The van der Waals surface area contributed by atoms with Gasteiger partial charge >= 0.3 is 16.5 Å². The Morgan fingerprint density at radius 3 is 1.90 bits per heavy atom. The number of para-hydroxylation sites is 1. The van der Waals surface area contributed by atoms with Crippen LogP contribution in [0.1, 0.15) is 21.5 Å². The van der Waals surface area contributed by atoms with Crippen LogP contribution in [-0.4, -0.2) is 11.7 Å². The van der Waals surface area contributed by atoms with Crippen molar-refractivity contribution in [1.82, 2.24) is 0 Å². The molecule has 0 saturated carbocycles. The maximum Gasteiger partial charge on any atom is 2.00 e. The number of hydrogen-bond donors (Lipinski definition) is 0. The molecule has 112 valence electrons. The molecule has 2 aromatic rings. The van der Waals surface area contributed by atoms with E-state index in [1.807, 2.05) is 32.0 Å². The van der Waals surface area contributed by atoms with E-state index in [0.29, 0.717) is 11.3 Å². The van der Waals surface area contributed by atoms with Crippen LogP contribution < -0.4 is 0 Å². The van der Waals surface area contributed by atoms with Gasteiger partial charge in [0.2, 0.25) is 5.78 Å². The molecular weight excluding hydrogens is 309 g/mol. The van der Waals surface area contributed by atoms with Gasteiger partial charge in [0.1, 0.15) is 5.91 Å². The van der Waals surface area contributed by atoms with Gasteiger partial charge in [0.05, 0.1) is 0 Å². The number of carbonyl (C=O) groups excluding carboxylic acids is 2. The molecule has 0 aliphatic rings. The molecule has 1 amide bonds. The molecule has 0 saturated heterocycles. The molecular formula is C17H17NNiO2. The molecule has 0 unspecified atom stereocenters. The Kier molecular flexibility index (Phi) is 7.61. The summed E-state index contributed by atoms with van der Waals surface area (Å²) < 4.78 is 0. The fourth-order valence-electron chi connectivity index (χ4n) is 1.85. The van der Waals surface area contributed by atoms with Crippen LogP contribution in [0.2, 0.25) is 0 Å². The van der Waals surface area contributed by atoms with E-state index in [4.69, 9.17) is 0 Å². The molecule has 0 aromatic heterocycles. The molecule has 0 bridgehead atoms. The van der Waals surface area contributed by atoms with Gasteiger partial charge in [-0.25, -0.2) is 0 Å². The normalized spacial score (nSPS) is 9.05. The van der Waals surface area contributed by atoms with Gasteiger partial charge in [0.15, 0.2) is 0 Å². The molecule has 0 radical (unpaired) electrons. The standard InChI is InChI=1S/C16H15NO2.CH3.Ni/c1-11-7-6-8-12(2)14(11)17-16(19)15(18)13-9-4-3-5-10-13;;/h3-10H,1-2H3,(H,17,19);1H3;/q;-1;+2/p-1. The number of amides is 1. The van der Waals surface area contributed by atoms with Crippen LogP contribution >= 0.6 is 0 Å². The zero-order valence-corrected chi connectivity index (χ0v) is 13.2. The minimum atomic E-state index is -0.733. The quantitative estimate of drug-likeness (QED) is 0.368. The second kappa shape index (κ2) is 8.38. The Labute approximate surface area is 135 Å². The summed E-state index contributed by atoms with van der Waals surface area (Å²) in [4.78, 5) is 23.8. The number of rotatable bonds is 3. The zero-order valence-electron chi connectivity index (χ0n) is 12.2. The van der Waals surface area contributed by atoms with Crippen molar-refractivity contribution in [3.63, 3.8) is 0 Å². The van der Waals surface area contributed by atoms with E-state index in [-0.39, 0.29) is 23.9 Å². The summed E-state index contributed by atoms with van der Waals surface area (Å²) in [5.74, 6) is -1.31. The van der Waals surface area contributed by atoms with E-state index in [9.17, 15) is 9.59 Å². The molecule has 2 rings (SSSR count). The van der Waals surface area contributed by atoms with Crippen LogP contribution in [0.15, 0.2) is 48.5 Å². The second-order valence-electron chi connectivity index (χ2n) is 4.35. The Bertz CT molecular complexity index is 604. The fraction of sp³-hybridized carbons (Fsp3) is 0.118. The van der Waals surface area contributed by atoms with Crippen LogP contribution in [-0.2, 0) is 21.3 Å². The third kappa shape index (κ3) is 4.54. The van der Waals surface area contributed by atoms with Crippen LogP contribution in [0.25, 0.3) is 5.32 Å². The summed E-state index contributed by atoms with van der Waals surface area (Å²) in [5, 5.41) is 3.95. The Hall–Kier alpha value is -1.93. The van der Waals surface area contributed by atoms with Crippen molar-refractivity contribution in [3.8, 4) is 0 Å². The van der Waals surface area contributed by atoms with E-state index < -0.39 is 11.7 Å². The Morgan fingerprint density at radius 1 is 0.857 bits per heavy atom. The topological polar surface area (TPSA) is 48.2 Å². The molecule has 0 N–H and O–H groups in total. The summed E-state index contributed by atoms with van der Waals surface area (Å²) in [6.07, 6.45) is 0. The van der Waals surface area contributed by atoms with Gasteiger partial charge in [0.25, 0.3) is 0 Å². The van der Waals surface area contributed by atoms with Gasteiger partial charge in [-0.05, 0) is 13.8 Å². The first-order chi connectivity index (χ1) is 9.09. The average molecular weight is 326 g/mol. The first kappa shape index (κ1) is 19.1. The molecule has 0 fully saturated rings. The SMILES string of the molecule is Cc1cccc(C)c1[N-]C(=O)C(=O)c1ccccc1.[CH3-].[Ni+2]. The molecule has 3 nitrogen and oxygen atoms in total. The molecule has 0 heterocycles. The molecule has 0 aliphatic heterocycles. The van der Waals surface area contributed by atoms with Gasteiger partial charge in [-0.15, -0.1) is 5.69 Å². The number of nitrogens with zero attached hydrogens (tertiary/aromatic N) is 1. The number of ketones is 1. The zero-order chi connectivity index (χ0) is 13.8. The predicted octanol–water partition coefficient (Wildman–Crippen LogP) is 4.17. The first-order valence-electron chi connectivity index (χ1n) is 6.01. The van der Waals surface area contributed by atoms with Crippen LogP contribution in [0, 0.1) is 21.3 Å². The number of Topliss-reactive ketones (excluding diaryl/α,β-unsaturated/α-hetero) is 1. The number of benzene rings is 2. The van der Waals surface area contributed by atoms with Gasteiger partial charge < -0.3 is 17.5 Å². The number of carbonyl (C=O) groups is 2. The molecule has 0 spiro atoms. The summed E-state index contributed by atoms with van der Waals surface area (Å²) >= 11 is 0. The number of aryl methyl sites for hydroxylation is 2. The van der Waals surface area contributed by atoms with Crippen molar-refractivity contribution in [2.45, 2.75) is 13.8 Å². The minimum absolute atomic E-state index is 0. The summed E-state index contributed by atoms with van der Waals surface area (Å²) in [6.45, 7) is 3.73. The second-order valence-corrected chi connectivity index (χ2v) is 4.35. The fourth-order valence-corrected chi connectivity index (χ4v) is 1.85. The van der Waals surface area contributed by atoms with Crippen LogP contribution in [0.4, 0.5) is 5.69 Å². The third-order valence-electron chi connectivity index (χ3n) is 2.88. The van der Waals surface area contributed by atoms with Gasteiger partial charge in [-0.3, -0.25) is 4.79 Å². The van der Waals surface area contributed by atoms with E-state index in [1.165, 1.54) is 0 Å². The van der Waals surface area contributed by atoms with Gasteiger partial charge in [0, 0.05) is 5.56 Å². The summed E-state index contributed by atoms with van der Waals surface area (Å²) in [7, 11) is 0. The Balaban J connectivity index is 0.00000200. The van der Waals surface area contributed by atoms with Crippen molar-refractivity contribution in [1.29, 1.82) is 0 Å². The molecule has 0 atom stereocenters. The summed E-state index contributed by atoms with van der Waals surface area (Å²) in [6, 6.07) is 14.1. The van der Waals surface area contributed by atoms with E-state index in [2.05, 4.69) is 5.32 Å². The maximum atomic E-state index is 11.9. The smallest absolute Gasteiger partial charge is 0.619 e. The largest absolute Gasteiger partial charge is 2.00 e. The maximum absolute atomic E-state index is 11.9. The average Bonchev–Trinajstić information content (AvgIpc) is 2.43. The van der Waals surface area contributed by atoms with Crippen molar-refractivity contribution < 1.29 is 26.1 Å². The molecule has 4 heteroatoms. The first-order valence-corrected chi connectivity index (χ1v) is 6.01. The molecule has 0 aliphatic carbocycles. The van der Waals surface area contributed by atoms with Crippen molar-refractivity contribution in [2.24, 2.45) is 0 Å². The van der Waals surface area contributed by atoms with Crippen LogP contribution in [0.5, 0.6) is 0 Å². The third-order valence-corrected chi connectivity index (χ3v) is 2.88. The summed E-state index contributed by atoms with van der Waals surface area (Å²) in [5.41, 5.74) is 2.71. The van der Waals surface area contributed by atoms with E-state index in [1.54, 1.807) is 30.3 Å². The predicted molar refractivity (Wildman–Crippen MR) is 81.1 cm³/mol. The minimum Gasteiger partial charge on any atom is -0.619 e. The Morgan fingerprint density at radius 2 is 1.38 bits per heavy atom. The van der Waals surface area contributed by atoms with Crippen molar-refractivity contribution in [3.05, 3.63) is 78.0 Å². The van der Waals surface area contributed by atoms with Gasteiger partial charge in [-0.2, -0.15) is 0 Å².